The Balaban J connectivity index is 2.39. The monoisotopic (exact) mass is 271 g/mol. The summed E-state index contributed by atoms with van der Waals surface area (Å²) in [5.41, 5.74) is 4.49. The van der Waals surface area contributed by atoms with Gasteiger partial charge in [-0.05, 0) is 52.7 Å². The second-order valence-corrected chi connectivity index (χ2v) is 5.45. The largest absolute Gasteiger partial charge is 0.349 e. The molecule has 0 saturated heterocycles. The maximum Gasteiger partial charge on any atom is 0.251 e. The highest BCUT2D eigenvalue weighted by molar-refractivity contribution is 5.94. The first kappa shape index (κ1) is 16.2. The molecule has 1 aromatic rings. The molecule has 0 spiro atoms. The van der Waals surface area contributed by atoms with Gasteiger partial charge in [0.1, 0.15) is 0 Å². The zero-order valence-electron chi connectivity index (χ0n) is 13.0. The maximum atomic E-state index is 11.9. The molecular formula is C18H25NO. The molecule has 1 aromatic carbocycles. The fourth-order valence-corrected chi connectivity index (χ4v) is 1.90. The Bertz CT molecular complexity index is 508. The van der Waals surface area contributed by atoms with Crippen molar-refractivity contribution in [2.24, 2.45) is 0 Å². The molecule has 1 N–H and O–H groups in total. The predicted molar refractivity (Wildman–Crippen MR) is 85.9 cm³/mol. The number of rotatable bonds is 6. The van der Waals surface area contributed by atoms with Crippen molar-refractivity contribution in [3.8, 4) is 0 Å². The summed E-state index contributed by atoms with van der Waals surface area (Å²) in [6.45, 7) is 8.91. The molecule has 0 bridgehead atoms. The lowest BCUT2D eigenvalue weighted by Gasteiger charge is -2.04. The molecule has 0 aliphatic heterocycles. The normalized spacial score (nSPS) is 11.1. The van der Waals surface area contributed by atoms with Crippen LogP contribution in [0, 0.1) is 6.92 Å². The first-order valence-electron chi connectivity index (χ1n) is 7.13. The number of benzene rings is 1. The second-order valence-electron chi connectivity index (χ2n) is 5.45. The van der Waals surface area contributed by atoms with Gasteiger partial charge in [0.25, 0.3) is 5.91 Å². The molecule has 1 rings (SSSR count). The number of allylic oxidation sites excluding steroid dienone is 3. The SMILES string of the molecule is CC(C)=CCC/C(C)=C/CNC(=O)c1cccc(C)c1. The molecule has 0 aliphatic carbocycles. The highest BCUT2D eigenvalue weighted by Gasteiger charge is 2.03. The van der Waals surface area contributed by atoms with E-state index in [4.69, 9.17) is 0 Å². The molecule has 0 saturated carbocycles. The van der Waals surface area contributed by atoms with Crippen LogP contribution in [-0.2, 0) is 0 Å². The van der Waals surface area contributed by atoms with Crippen molar-refractivity contribution >= 4 is 5.91 Å². The van der Waals surface area contributed by atoms with Crippen molar-refractivity contribution in [1.29, 1.82) is 0 Å². The highest BCUT2D eigenvalue weighted by Crippen LogP contribution is 2.06. The zero-order valence-corrected chi connectivity index (χ0v) is 13.0. The summed E-state index contributed by atoms with van der Waals surface area (Å²) in [6, 6.07) is 7.64. The summed E-state index contributed by atoms with van der Waals surface area (Å²) in [5, 5.41) is 2.93. The minimum Gasteiger partial charge on any atom is -0.349 e. The third-order valence-corrected chi connectivity index (χ3v) is 3.08. The van der Waals surface area contributed by atoms with Crippen LogP contribution in [0.15, 0.2) is 47.6 Å². The quantitative estimate of drug-likeness (QED) is 0.762. The third kappa shape index (κ3) is 6.37. The van der Waals surface area contributed by atoms with Crippen molar-refractivity contribution in [3.05, 3.63) is 58.7 Å². The van der Waals surface area contributed by atoms with E-state index < -0.39 is 0 Å². The van der Waals surface area contributed by atoms with Gasteiger partial charge in [0.05, 0.1) is 0 Å². The lowest BCUT2D eigenvalue weighted by Crippen LogP contribution is -2.23. The molecule has 0 atom stereocenters. The second kappa shape index (κ2) is 8.36. The first-order chi connectivity index (χ1) is 9.49. The molecule has 1 amide bonds. The van der Waals surface area contributed by atoms with E-state index in [1.807, 2.05) is 31.2 Å². The van der Waals surface area contributed by atoms with E-state index in [2.05, 4.69) is 38.2 Å². The Morgan fingerprint density at radius 3 is 2.60 bits per heavy atom. The van der Waals surface area contributed by atoms with E-state index in [0.29, 0.717) is 6.54 Å². The average Bonchev–Trinajstić information content (AvgIpc) is 2.38. The van der Waals surface area contributed by atoms with Crippen LogP contribution in [0.5, 0.6) is 0 Å². The Morgan fingerprint density at radius 2 is 1.95 bits per heavy atom. The van der Waals surface area contributed by atoms with Crippen molar-refractivity contribution in [2.75, 3.05) is 6.54 Å². The first-order valence-corrected chi connectivity index (χ1v) is 7.13. The van der Waals surface area contributed by atoms with Crippen LogP contribution < -0.4 is 5.32 Å². The van der Waals surface area contributed by atoms with Gasteiger partial charge in [-0.25, -0.2) is 0 Å². The van der Waals surface area contributed by atoms with Gasteiger partial charge in [-0.3, -0.25) is 4.79 Å². The molecule has 2 heteroatoms. The van der Waals surface area contributed by atoms with Gasteiger partial charge in [-0.1, -0.05) is 41.0 Å². The smallest absolute Gasteiger partial charge is 0.251 e. The molecule has 0 radical (unpaired) electrons. The Morgan fingerprint density at radius 1 is 1.20 bits per heavy atom. The average molecular weight is 271 g/mol. The van der Waals surface area contributed by atoms with E-state index in [-0.39, 0.29) is 5.91 Å². The highest BCUT2D eigenvalue weighted by atomic mass is 16.1. The topological polar surface area (TPSA) is 29.1 Å². The van der Waals surface area contributed by atoms with E-state index in [9.17, 15) is 4.79 Å². The van der Waals surface area contributed by atoms with Gasteiger partial charge >= 0.3 is 0 Å². The fourth-order valence-electron chi connectivity index (χ4n) is 1.90. The molecule has 20 heavy (non-hydrogen) atoms. The molecule has 0 unspecified atom stereocenters. The van der Waals surface area contributed by atoms with Crippen LogP contribution in [0.1, 0.15) is 49.5 Å². The summed E-state index contributed by atoms with van der Waals surface area (Å²) in [4.78, 5) is 11.9. The van der Waals surface area contributed by atoms with Crippen LogP contribution >= 0.6 is 0 Å². The number of hydrogen-bond donors (Lipinski definition) is 1. The predicted octanol–water partition coefficient (Wildman–Crippen LogP) is 4.42. The van der Waals surface area contributed by atoms with Gasteiger partial charge in [-0.15, -0.1) is 0 Å². The third-order valence-electron chi connectivity index (χ3n) is 3.08. The van der Waals surface area contributed by atoms with Gasteiger partial charge in [0.2, 0.25) is 0 Å². The minimum atomic E-state index is -0.0120. The number of carbonyl (C=O) groups is 1. The summed E-state index contributed by atoms with van der Waals surface area (Å²) in [7, 11) is 0. The van der Waals surface area contributed by atoms with Crippen LogP contribution in [0.4, 0.5) is 0 Å². The van der Waals surface area contributed by atoms with Crippen molar-refractivity contribution in [1.82, 2.24) is 5.32 Å². The van der Waals surface area contributed by atoms with Crippen LogP contribution in [0.3, 0.4) is 0 Å². The van der Waals surface area contributed by atoms with E-state index in [1.54, 1.807) is 0 Å². The van der Waals surface area contributed by atoms with Gasteiger partial charge < -0.3 is 5.32 Å². The number of carbonyl (C=O) groups excluding carboxylic acids is 1. The van der Waals surface area contributed by atoms with E-state index in [0.717, 1.165) is 24.0 Å². The summed E-state index contributed by atoms with van der Waals surface area (Å²) in [5.74, 6) is -0.0120. The molecule has 108 valence electrons. The minimum absolute atomic E-state index is 0.0120. The summed E-state index contributed by atoms with van der Waals surface area (Å²) in [6.07, 6.45) is 6.44. The number of nitrogens with one attached hydrogen (secondary N) is 1. The Labute approximate surface area is 122 Å². The van der Waals surface area contributed by atoms with Crippen LogP contribution in [0.2, 0.25) is 0 Å². The Hall–Kier alpha value is -1.83. The van der Waals surface area contributed by atoms with Crippen LogP contribution in [-0.4, -0.2) is 12.5 Å². The standard InChI is InChI=1S/C18H25NO/c1-14(2)7-5-8-15(3)11-12-19-18(20)17-10-6-9-16(4)13-17/h6-7,9-11,13H,5,8,12H2,1-4H3,(H,19,20)/b15-11+. The van der Waals surface area contributed by atoms with Crippen LogP contribution in [0.25, 0.3) is 0 Å². The molecular weight excluding hydrogens is 246 g/mol. The summed E-state index contributed by atoms with van der Waals surface area (Å²) < 4.78 is 0. The zero-order chi connectivity index (χ0) is 15.0. The molecule has 0 heterocycles. The molecule has 0 fully saturated rings. The molecule has 2 nitrogen and oxygen atoms in total. The number of amides is 1. The van der Waals surface area contributed by atoms with E-state index >= 15 is 0 Å². The lowest BCUT2D eigenvalue weighted by molar-refractivity contribution is 0.0958. The maximum absolute atomic E-state index is 11.9. The van der Waals surface area contributed by atoms with Crippen molar-refractivity contribution < 1.29 is 4.79 Å². The lowest BCUT2D eigenvalue weighted by atomic mass is 10.1. The number of hydrogen-bond acceptors (Lipinski definition) is 1. The summed E-state index contributed by atoms with van der Waals surface area (Å²) >= 11 is 0. The number of aryl methyl sites for hydroxylation is 1. The van der Waals surface area contributed by atoms with Gasteiger partial charge in [-0.2, -0.15) is 0 Å². The van der Waals surface area contributed by atoms with Crippen molar-refractivity contribution in [2.45, 2.75) is 40.5 Å². The van der Waals surface area contributed by atoms with Gasteiger partial charge in [0.15, 0.2) is 0 Å². The molecule has 0 aliphatic rings. The molecule has 0 aromatic heterocycles. The fraction of sp³-hybridized carbons (Fsp3) is 0.389. The Kier molecular flexibility index (Phi) is 6.78. The van der Waals surface area contributed by atoms with E-state index in [1.165, 1.54) is 11.1 Å². The van der Waals surface area contributed by atoms with Crippen molar-refractivity contribution in [3.63, 3.8) is 0 Å². The van der Waals surface area contributed by atoms with Gasteiger partial charge in [0, 0.05) is 12.1 Å².